The number of aromatic nitrogens is 3. The molecule has 0 aliphatic heterocycles. The van der Waals surface area contributed by atoms with E-state index < -0.39 is 0 Å². The maximum atomic E-state index is 5.94. The summed E-state index contributed by atoms with van der Waals surface area (Å²) in [6, 6.07) is 1.72. The number of anilines is 1. The zero-order chi connectivity index (χ0) is 14.8. The lowest BCUT2D eigenvalue weighted by molar-refractivity contribution is 0.453. The first-order valence-electron chi connectivity index (χ1n) is 7.08. The molecule has 0 spiro atoms. The quantitative estimate of drug-likeness (QED) is 0.906. The van der Waals surface area contributed by atoms with Crippen LogP contribution in [-0.4, -0.2) is 21.5 Å². The molecule has 2 heterocycles. The summed E-state index contributed by atoms with van der Waals surface area (Å²) >= 11 is 5.94. The molecule has 0 atom stereocenters. The van der Waals surface area contributed by atoms with Gasteiger partial charge in [0.1, 0.15) is 17.4 Å². The van der Waals surface area contributed by atoms with Crippen molar-refractivity contribution in [2.75, 3.05) is 11.9 Å². The summed E-state index contributed by atoms with van der Waals surface area (Å²) in [6.45, 7) is 4.79. The Morgan fingerprint density at radius 2 is 2.14 bits per heavy atom. The molecule has 0 saturated heterocycles. The van der Waals surface area contributed by atoms with Crippen LogP contribution in [0.1, 0.15) is 37.1 Å². The van der Waals surface area contributed by atoms with Gasteiger partial charge in [0, 0.05) is 24.7 Å². The van der Waals surface area contributed by atoms with Gasteiger partial charge in [0.15, 0.2) is 0 Å². The number of pyridine rings is 1. The summed E-state index contributed by atoms with van der Waals surface area (Å²) in [6.07, 6.45) is 5.48. The molecule has 0 bridgehead atoms. The van der Waals surface area contributed by atoms with Gasteiger partial charge in [0.25, 0.3) is 0 Å². The molecule has 3 rings (SSSR count). The van der Waals surface area contributed by atoms with E-state index in [1.165, 1.54) is 0 Å². The minimum atomic E-state index is 0.461. The van der Waals surface area contributed by atoms with Gasteiger partial charge in [-0.3, -0.25) is 4.98 Å². The van der Waals surface area contributed by atoms with E-state index in [0.717, 1.165) is 36.6 Å². The lowest BCUT2D eigenvalue weighted by Crippen LogP contribution is -2.07. The van der Waals surface area contributed by atoms with E-state index >= 15 is 0 Å². The highest BCUT2D eigenvalue weighted by Crippen LogP contribution is 2.40. The van der Waals surface area contributed by atoms with Crippen molar-refractivity contribution in [1.29, 1.82) is 0 Å². The monoisotopic (exact) mass is 304 g/mol. The van der Waals surface area contributed by atoms with Crippen LogP contribution < -0.4 is 10.1 Å². The molecule has 0 aromatic carbocycles. The third-order valence-corrected chi connectivity index (χ3v) is 3.51. The van der Waals surface area contributed by atoms with Gasteiger partial charge in [0.05, 0.1) is 16.8 Å². The molecule has 1 fully saturated rings. The van der Waals surface area contributed by atoms with E-state index in [1.54, 1.807) is 18.5 Å². The molecule has 6 heteroatoms. The highest BCUT2D eigenvalue weighted by atomic mass is 35.5. The standard InChI is InChI=1S/C15H17ClN4O/c1-3-18-13-9(2)15(20-14(19-13)10-4-5-10)21-12-6-11(16)7-17-8-12/h6-8,10H,3-5H2,1-2H3,(H,18,19,20). The van der Waals surface area contributed by atoms with E-state index in [9.17, 15) is 0 Å². The van der Waals surface area contributed by atoms with Crippen LogP contribution in [-0.2, 0) is 0 Å². The minimum Gasteiger partial charge on any atom is -0.437 e. The average molecular weight is 305 g/mol. The first-order chi connectivity index (χ1) is 10.2. The van der Waals surface area contributed by atoms with Crippen molar-refractivity contribution < 1.29 is 4.74 Å². The largest absolute Gasteiger partial charge is 0.437 e. The Kier molecular flexibility index (Phi) is 3.92. The fraction of sp³-hybridized carbons (Fsp3) is 0.400. The van der Waals surface area contributed by atoms with Gasteiger partial charge in [-0.05, 0) is 26.7 Å². The second kappa shape index (κ2) is 5.85. The normalized spacial score (nSPS) is 14.0. The molecule has 2 aromatic heterocycles. The first-order valence-corrected chi connectivity index (χ1v) is 7.46. The summed E-state index contributed by atoms with van der Waals surface area (Å²) in [7, 11) is 0. The summed E-state index contributed by atoms with van der Waals surface area (Å²) in [5.41, 5.74) is 0.890. The van der Waals surface area contributed by atoms with Crippen LogP contribution in [0, 0.1) is 6.92 Å². The van der Waals surface area contributed by atoms with Crippen LogP contribution in [0.5, 0.6) is 11.6 Å². The molecule has 0 radical (unpaired) electrons. The van der Waals surface area contributed by atoms with Gasteiger partial charge in [0.2, 0.25) is 5.88 Å². The SMILES string of the molecule is CCNc1nc(C2CC2)nc(Oc2cncc(Cl)c2)c1C. The Hall–Kier alpha value is -1.88. The molecule has 1 aliphatic rings. The lowest BCUT2D eigenvalue weighted by Gasteiger charge is -2.13. The van der Waals surface area contributed by atoms with Crippen LogP contribution in [0.3, 0.4) is 0 Å². The van der Waals surface area contributed by atoms with Crippen molar-refractivity contribution in [3.63, 3.8) is 0 Å². The molecule has 0 amide bonds. The second-order valence-corrected chi connectivity index (χ2v) is 5.54. The van der Waals surface area contributed by atoms with Gasteiger partial charge < -0.3 is 10.1 Å². The van der Waals surface area contributed by atoms with Crippen LogP contribution in [0.4, 0.5) is 5.82 Å². The summed E-state index contributed by atoms with van der Waals surface area (Å²) < 4.78 is 5.86. The van der Waals surface area contributed by atoms with Crippen LogP contribution in [0.15, 0.2) is 18.5 Å². The van der Waals surface area contributed by atoms with E-state index in [0.29, 0.717) is 22.6 Å². The molecule has 2 aromatic rings. The molecular weight excluding hydrogens is 288 g/mol. The Morgan fingerprint density at radius 1 is 1.33 bits per heavy atom. The molecule has 110 valence electrons. The van der Waals surface area contributed by atoms with Gasteiger partial charge in [-0.1, -0.05) is 11.6 Å². The fourth-order valence-corrected chi connectivity index (χ4v) is 2.20. The van der Waals surface area contributed by atoms with Crippen molar-refractivity contribution >= 4 is 17.4 Å². The van der Waals surface area contributed by atoms with Crippen molar-refractivity contribution in [2.24, 2.45) is 0 Å². The third kappa shape index (κ3) is 3.24. The van der Waals surface area contributed by atoms with E-state index in [1.807, 2.05) is 13.8 Å². The van der Waals surface area contributed by atoms with Crippen molar-refractivity contribution in [3.05, 3.63) is 34.9 Å². The smallest absolute Gasteiger partial charge is 0.227 e. The first kappa shape index (κ1) is 14.1. The number of ether oxygens (including phenoxy) is 1. The Morgan fingerprint density at radius 3 is 2.81 bits per heavy atom. The molecule has 5 nitrogen and oxygen atoms in total. The third-order valence-electron chi connectivity index (χ3n) is 3.30. The van der Waals surface area contributed by atoms with E-state index in [4.69, 9.17) is 16.3 Å². The molecular formula is C15H17ClN4O. The molecule has 1 saturated carbocycles. The number of hydrogen-bond donors (Lipinski definition) is 1. The fourth-order valence-electron chi connectivity index (χ4n) is 2.04. The van der Waals surface area contributed by atoms with Gasteiger partial charge >= 0.3 is 0 Å². The topological polar surface area (TPSA) is 59.9 Å². The maximum absolute atomic E-state index is 5.94. The molecule has 1 N–H and O–H groups in total. The Bertz CT molecular complexity index is 658. The molecule has 0 unspecified atom stereocenters. The predicted molar refractivity (Wildman–Crippen MR) is 82.2 cm³/mol. The summed E-state index contributed by atoms with van der Waals surface area (Å²) in [4.78, 5) is 13.2. The zero-order valence-electron chi connectivity index (χ0n) is 12.1. The van der Waals surface area contributed by atoms with Gasteiger partial charge in [-0.15, -0.1) is 0 Å². The number of hydrogen-bond acceptors (Lipinski definition) is 5. The van der Waals surface area contributed by atoms with Crippen molar-refractivity contribution in [1.82, 2.24) is 15.0 Å². The molecule has 1 aliphatic carbocycles. The highest BCUT2D eigenvalue weighted by Gasteiger charge is 2.28. The van der Waals surface area contributed by atoms with Crippen molar-refractivity contribution in [3.8, 4) is 11.6 Å². The van der Waals surface area contributed by atoms with Gasteiger partial charge in [-0.25, -0.2) is 4.98 Å². The van der Waals surface area contributed by atoms with Crippen LogP contribution in [0.2, 0.25) is 5.02 Å². The van der Waals surface area contributed by atoms with Crippen LogP contribution >= 0.6 is 11.6 Å². The Balaban J connectivity index is 1.95. The van der Waals surface area contributed by atoms with E-state index in [2.05, 4.69) is 20.3 Å². The predicted octanol–water partition coefficient (Wildman–Crippen LogP) is 3.93. The average Bonchev–Trinajstić information content (AvgIpc) is 3.28. The maximum Gasteiger partial charge on any atom is 0.227 e. The highest BCUT2D eigenvalue weighted by molar-refractivity contribution is 6.30. The minimum absolute atomic E-state index is 0.461. The van der Waals surface area contributed by atoms with Crippen molar-refractivity contribution in [2.45, 2.75) is 32.6 Å². The van der Waals surface area contributed by atoms with Gasteiger partial charge in [-0.2, -0.15) is 4.98 Å². The number of rotatable bonds is 5. The Labute approximate surface area is 128 Å². The number of halogens is 1. The van der Waals surface area contributed by atoms with E-state index in [-0.39, 0.29) is 0 Å². The number of nitrogens with one attached hydrogen (secondary N) is 1. The summed E-state index contributed by atoms with van der Waals surface area (Å²) in [5.74, 6) is 3.28. The number of nitrogens with zero attached hydrogens (tertiary/aromatic N) is 3. The van der Waals surface area contributed by atoms with Crippen LogP contribution in [0.25, 0.3) is 0 Å². The molecule has 21 heavy (non-hydrogen) atoms. The summed E-state index contributed by atoms with van der Waals surface area (Å²) in [5, 5.41) is 3.80. The lowest BCUT2D eigenvalue weighted by atomic mass is 10.3. The second-order valence-electron chi connectivity index (χ2n) is 5.11. The zero-order valence-corrected chi connectivity index (χ0v) is 12.8.